The number of rotatable bonds is 4. The van der Waals surface area contributed by atoms with Gasteiger partial charge in [-0.3, -0.25) is 4.79 Å². The van der Waals surface area contributed by atoms with Gasteiger partial charge in [-0.25, -0.2) is 4.98 Å². The van der Waals surface area contributed by atoms with Crippen molar-refractivity contribution in [2.45, 2.75) is 6.54 Å². The molecule has 0 aliphatic rings. The second kappa shape index (κ2) is 4.97. The molecule has 5 nitrogen and oxygen atoms in total. The van der Waals surface area contributed by atoms with Crippen molar-refractivity contribution in [3.05, 3.63) is 54.7 Å². The number of imidazole rings is 1. The first-order valence-electron chi connectivity index (χ1n) is 6.14. The number of hydrogen-bond acceptors (Lipinski definition) is 2. The Kier molecular flexibility index (Phi) is 3.02. The van der Waals surface area contributed by atoms with E-state index < -0.39 is 0 Å². The maximum Gasteiger partial charge on any atom is 0.251 e. The van der Waals surface area contributed by atoms with Crippen LogP contribution in [0.15, 0.2) is 49.2 Å². The minimum absolute atomic E-state index is 0.0526. The van der Waals surface area contributed by atoms with Crippen LogP contribution in [0.2, 0.25) is 0 Å². The third kappa shape index (κ3) is 2.49. The zero-order valence-corrected chi connectivity index (χ0v) is 10.3. The van der Waals surface area contributed by atoms with Crippen LogP contribution in [0.3, 0.4) is 0 Å². The maximum absolute atomic E-state index is 12.0. The van der Waals surface area contributed by atoms with E-state index in [0.717, 1.165) is 17.4 Å². The summed E-state index contributed by atoms with van der Waals surface area (Å²) >= 11 is 0. The van der Waals surface area contributed by atoms with Gasteiger partial charge in [0.05, 0.1) is 6.33 Å². The van der Waals surface area contributed by atoms with E-state index in [1.54, 1.807) is 12.5 Å². The number of nitrogens with zero attached hydrogens (tertiary/aromatic N) is 2. The lowest BCUT2D eigenvalue weighted by Gasteiger charge is -2.06. The minimum Gasteiger partial charge on any atom is -0.361 e. The highest BCUT2D eigenvalue weighted by Gasteiger charge is 2.05. The van der Waals surface area contributed by atoms with E-state index in [1.165, 1.54) is 0 Å². The molecule has 3 rings (SSSR count). The molecular formula is C14H14N4O. The summed E-state index contributed by atoms with van der Waals surface area (Å²) in [5.74, 6) is -0.0526. The van der Waals surface area contributed by atoms with Crippen molar-refractivity contribution < 1.29 is 4.79 Å². The first-order chi connectivity index (χ1) is 9.33. The van der Waals surface area contributed by atoms with Crippen molar-refractivity contribution in [3.8, 4) is 0 Å². The van der Waals surface area contributed by atoms with Crippen LogP contribution in [0.5, 0.6) is 0 Å². The molecule has 2 N–H and O–H groups in total. The van der Waals surface area contributed by atoms with E-state index in [9.17, 15) is 4.79 Å². The van der Waals surface area contributed by atoms with E-state index in [-0.39, 0.29) is 5.91 Å². The highest BCUT2D eigenvalue weighted by atomic mass is 16.1. The molecule has 0 unspecified atom stereocenters. The van der Waals surface area contributed by atoms with E-state index in [4.69, 9.17) is 0 Å². The molecule has 1 amide bonds. The molecule has 0 bridgehead atoms. The summed E-state index contributed by atoms with van der Waals surface area (Å²) in [5.41, 5.74) is 1.72. The molecule has 0 fully saturated rings. The Morgan fingerprint density at radius 1 is 1.37 bits per heavy atom. The number of amides is 1. The Morgan fingerprint density at radius 3 is 3.16 bits per heavy atom. The minimum atomic E-state index is -0.0526. The Bertz CT molecular complexity index is 684. The van der Waals surface area contributed by atoms with Gasteiger partial charge in [0.15, 0.2) is 0 Å². The normalized spacial score (nSPS) is 10.7. The zero-order valence-electron chi connectivity index (χ0n) is 10.3. The Balaban J connectivity index is 1.63. The Hall–Kier alpha value is -2.56. The van der Waals surface area contributed by atoms with E-state index >= 15 is 0 Å². The molecule has 19 heavy (non-hydrogen) atoms. The second-order valence-corrected chi connectivity index (χ2v) is 4.34. The van der Waals surface area contributed by atoms with Crippen LogP contribution in [0, 0.1) is 0 Å². The summed E-state index contributed by atoms with van der Waals surface area (Å²) in [6.07, 6.45) is 7.20. The van der Waals surface area contributed by atoms with Crippen molar-refractivity contribution in [3.63, 3.8) is 0 Å². The molecule has 0 saturated carbocycles. The molecule has 1 aromatic carbocycles. The van der Waals surface area contributed by atoms with Gasteiger partial charge in [-0.2, -0.15) is 0 Å². The van der Waals surface area contributed by atoms with Gasteiger partial charge in [0, 0.05) is 48.1 Å². The lowest BCUT2D eigenvalue weighted by molar-refractivity contribution is 0.0952. The van der Waals surface area contributed by atoms with E-state index in [2.05, 4.69) is 15.3 Å². The average Bonchev–Trinajstić information content (AvgIpc) is 3.08. The molecule has 2 heterocycles. The summed E-state index contributed by atoms with van der Waals surface area (Å²) < 4.78 is 1.93. The maximum atomic E-state index is 12.0. The Morgan fingerprint density at radius 2 is 2.32 bits per heavy atom. The molecule has 96 valence electrons. The highest BCUT2D eigenvalue weighted by Crippen LogP contribution is 2.14. The summed E-state index contributed by atoms with van der Waals surface area (Å²) in [4.78, 5) is 19.1. The van der Waals surface area contributed by atoms with Crippen LogP contribution in [-0.2, 0) is 6.54 Å². The number of aromatic amines is 1. The standard InChI is InChI=1S/C14H14N4O/c19-14(17-6-8-18-7-5-15-10-18)12-1-2-13-11(9-12)3-4-16-13/h1-5,7,9-10,16H,6,8H2,(H,17,19). The molecule has 0 aliphatic carbocycles. The van der Waals surface area contributed by atoms with Gasteiger partial charge >= 0.3 is 0 Å². The van der Waals surface area contributed by atoms with Gasteiger partial charge in [0.25, 0.3) is 5.91 Å². The number of fused-ring (bicyclic) bond motifs is 1. The van der Waals surface area contributed by atoms with Crippen molar-refractivity contribution in [2.75, 3.05) is 6.54 Å². The third-order valence-electron chi connectivity index (χ3n) is 3.03. The molecule has 0 spiro atoms. The van der Waals surface area contributed by atoms with Crippen molar-refractivity contribution >= 4 is 16.8 Å². The third-order valence-corrected chi connectivity index (χ3v) is 3.03. The molecule has 5 heteroatoms. The number of benzene rings is 1. The zero-order chi connectivity index (χ0) is 13.1. The van der Waals surface area contributed by atoms with Gasteiger partial charge in [-0.15, -0.1) is 0 Å². The van der Waals surface area contributed by atoms with Crippen LogP contribution < -0.4 is 5.32 Å². The van der Waals surface area contributed by atoms with Crippen LogP contribution in [0.4, 0.5) is 0 Å². The highest BCUT2D eigenvalue weighted by molar-refractivity contribution is 5.98. The first kappa shape index (κ1) is 11.5. The van der Waals surface area contributed by atoms with Gasteiger partial charge in [-0.1, -0.05) is 0 Å². The van der Waals surface area contributed by atoms with Crippen LogP contribution in [0.1, 0.15) is 10.4 Å². The lowest BCUT2D eigenvalue weighted by atomic mass is 10.1. The summed E-state index contributed by atoms with van der Waals surface area (Å²) in [6, 6.07) is 7.58. The fourth-order valence-electron chi connectivity index (χ4n) is 2.01. The number of carbonyl (C=O) groups excluding carboxylic acids is 1. The molecule has 0 atom stereocenters. The van der Waals surface area contributed by atoms with E-state index in [1.807, 2.05) is 41.2 Å². The monoisotopic (exact) mass is 254 g/mol. The van der Waals surface area contributed by atoms with Crippen molar-refractivity contribution in [1.29, 1.82) is 0 Å². The molecular weight excluding hydrogens is 240 g/mol. The van der Waals surface area contributed by atoms with Gasteiger partial charge in [0.2, 0.25) is 0 Å². The first-order valence-corrected chi connectivity index (χ1v) is 6.14. The fraction of sp³-hybridized carbons (Fsp3) is 0.143. The predicted octanol–water partition coefficient (Wildman–Crippen LogP) is 1.79. The fourth-order valence-corrected chi connectivity index (χ4v) is 2.01. The summed E-state index contributed by atoms with van der Waals surface area (Å²) in [5, 5.41) is 3.94. The molecule has 3 aromatic rings. The second-order valence-electron chi connectivity index (χ2n) is 4.34. The van der Waals surface area contributed by atoms with Gasteiger partial charge in [-0.05, 0) is 24.3 Å². The molecule has 0 aliphatic heterocycles. The van der Waals surface area contributed by atoms with E-state index in [0.29, 0.717) is 12.1 Å². The molecule has 0 radical (unpaired) electrons. The van der Waals surface area contributed by atoms with Crippen LogP contribution in [-0.4, -0.2) is 27.0 Å². The number of hydrogen-bond donors (Lipinski definition) is 2. The molecule has 2 aromatic heterocycles. The Labute approximate surface area is 110 Å². The van der Waals surface area contributed by atoms with Crippen LogP contribution >= 0.6 is 0 Å². The number of nitrogens with one attached hydrogen (secondary N) is 2. The smallest absolute Gasteiger partial charge is 0.251 e. The summed E-state index contributed by atoms with van der Waals surface area (Å²) in [6.45, 7) is 1.30. The summed E-state index contributed by atoms with van der Waals surface area (Å²) in [7, 11) is 0. The topological polar surface area (TPSA) is 62.7 Å². The number of H-pyrrole nitrogens is 1. The number of aromatic nitrogens is 3. The van der Waals surface area contributed by atoms with Crippen molar-refractivity contribution in [2.24, 2.45) is 0 Å². The largest absolute Gasteiger partial charge is 0.361 e. The average molecular weight is 254 g/mol. The SMILES string of the molecule is O=C(NCCn1ccnc1)c1ccc2[nH]ccc2c1. The number of carbonyl (C=O) groups is 1. The predicted molar refractivity (Wildman–Crippen MR) is 72.9 cm³/mol. The quantitative estimate of drug-likeness (QED) is 0.745. The molecule has 0 saturated heterocycles. The lowest BCUT2D eigenvalue weighted by Crippen LogP contribution is -2.26. The van der Waals surface area contributed by atoms with Gasteiger partial charge < -0.3 is 14.9 Å². The van der Waals surface area contributed by atoms with Gasteiger partial charge in [0.1, 0.15) is 0 Å². The van der Waals surface area contributed by atoms with Crippen LogP contribution in [0.25, 0.3) is 10.9 Å². The van der Waals surface area contributed by atoms with Crippen molar-refractivity contribution in [1.82, 2.24) is 19.9 Å².